The Morgan fingerprint density at radius 2 is 2.07 bits per heavy atom. The lowest BCUT2D eigenvalue weighted by molar-refractivity contribution is 0.0930. The topological polar surface area (TPSA) is 84.4 Å². The molecule has 0 saturated carbocycles. The second-order valence-electron chi connectivity index (χ2n) is 7.49. The number of hydrogen-bond donors (Lipinski definition) is 1. The molecule has 0 radical (unpaired) electrons. The van der Waals surface area contributed by atoms with Gasteiger partial charge in [-0.25, -0.2) is 4.98 Å². The number of nitrogens with one attached hydrogen (secondary N) is 1. The molecule has 4 rings (SSSR count). The summed E-state index contributed by atoms with van der Waals surface area (Å²) in [6, 6.07) is 9.50. The van der Waals surface area contributed by atoms with Crippen molar-refractivity contribution in [1.29, 1.82) is 0 Å². The summed E-state index contributed by atoms with van der Waals surface area (Å²) in [7, 11) is 0. The van der Waals surface area contributed by atoms with Gasteiger partial charge in [0, 0.05) is 24.6 Å². The van der Waals surface area contributed by atoms with Gasteiger partial charge < -0.3 is 14.3 Å². The minimum absolute atomic E-state index is 0.0380. The van der Waals surface area contributed by atoms with Crippen LogP contribution in [0.4, 0.5) is 0 Å². The summed E-state index contributed by atoms with van der Waals surface area (Å²) >= 11 is 1.48. The zero-order chi connectivity index (χ0) is 20.9. The summed E-state index contributed by atoms with van der Waals surface area (Å²) in [5.74, 6) is 3.02. The minimum atomic E-state index is -0.130. The fourth-order valence-corrected chi connectivity index (χ4v) is 4.56. The number of likely N-dealkylation sites (tertiary alicyclic amines) is 1. The number of nitrogens with zero attached hydrogens (tertiary/aromatic N) is 3. The number of carbonyl (C=O) groups is 1. The van der Waals surface area contributed by atoms with Crippen molar-refractivity contribution in [3.05, 3.63) is 65.1 Å². The molecule has 4 heterocycles. The molecule has 3 aromatic rings. The van der Waals surface area contributed by atoms with Crippen LogP contribution in [0.2, 0.25) is 0 Å². The number of rotatable bonds is 8. The summed E-state index contributed by atoms with van der Waals surface area (Å²) in [5, 5.41) is 7.79. The monoisotopic (exact) mass is 426 g/mol. The van der Waals surface area contributed by atoms with Gasteiger partial charge in [-0.1, -0.05) is 16.9 Å². The molecule has 0 spiro atoms. The molecule has 0 bridgehead atoms. The van der Waals surface area contributed by atoms with Crippen molar-refractivity contribution < 1.29 is 13.7 Å². The fourth-order valence-electron chi connectivity index (χ4n) is 3.69. The predicted octanol–water partition coefficient (Wildman–Crippen LogP) is 4.14. The van der Waals surface area contributed by atoms with E-state index in [0.717, 1.165) is 36.1 Å². The van der Waals surface area contributed by atoms with E-state index in [1.54, 1.807) is 18.3 Å². The van der Waals surface area contributed by atoms with Gasteiger partial charge in [0.2, 0.25) is 0 Å². The molecule has 1 amide bonds. The van der Waals surface area contributed by atoms with Crippen LogP contribution < -0.4 is 5.32 Å². The van der Waals surface area contributed by atoms with Gasteiger partial charge in [-0.2, -0.15) is 0 Å². The number of pyridine rings is 1. The van der Waals surface area contributed by atoms with Gasteiger partial charge in [-0.15, -0.1) is 0 Å². The second-order valence-corrected chi connectivity index (χ2v) is 8.46. The zero-order valence-corrected chi connectivity index (χ0v) is 18.1. The van der Waals surface area contributed by atoms with Gasteiger partial charge in [0.15, 0.2) is 0 Å². The number of carbonyl (C=O) groups excluding carboxylic acids is 1. The summed E-state index contributed by atoms with van der Waals surface area (Å²) in [6.07, 6.45) is 4.05. The molecular weight excluding hydrogens is 400 g/mol. The van der Waals surface area contributed by atoms with E-state index in [1.807, 2.05) is 32.0 Å². The van der Waals surface area contributed by atoms with Gasteiger partial charge in [0.05, 0.1) is 17.3 Å². The highest BCUT2D eigenvalue weighted by molar-refractivity contribution is 7.98. The molecule has 3 aromatic heterocycles. The van der Waals surface area contributed by atoms with Gasteiger partial charge in [-0.05, 0) is 64.0 Å². The van der Waals surface area contributed by atoms with Crippen LogP contribution in [0.15, 0.2) is 50.5 Å². The Hall–Kier alpha value is -2.58. The van der Waals surface area contributed by atoms with Gasteiger partial charge in [0.1, 0.15) is 22.3 Å². The first-order chi connectivity index (χ1) is 14.6. The van der Waals surface area contributed by atoms with E-state index >= 15 is 0 Å². The first-order valence-electron chi connectivity index (χ1n) is 10.2. The Kier molecular flexibility index (Phi) is 6.54. The molecule has 30 heavy (non-hydrogen) atoms. The van der Waals surface area contributed by atoms with Crippen LogP contribution in [0.1, 0.15) is 52.2 Å². The fraction of sp³-hybridized carbons (Fsp3) is 0.409. The van der Waals surface area contributed by atoms with Crippen LogP contribution in [0, 0.1) is 13.8 Å². The molecule has 8 heteroatoms. The number of furan rings is 1. The molecule has 1 aliphatic rings. The van der Waals surface area contributed by atoms with Crippen molar-refractivity contribution in [3.8, 4) is 0 Å². The van der Waals surface area contributed by atoms with Crippen molar-refractivity contribution >= 4 is 17.7 Å². The van der Waals surface area contributed by atoms with Crippen LogP contribution in [-0.2, 0) is 5.75 Å². The molecule has 1 N–H and O–H groups in total. The Morgan fingerprint density at radius 3 is 2.77 bits per heavy atom. The predicted molar refractivity (Wildman–Crippen MR) is 114 cm³/mol. The van der Waals surface area contributed by atoms with E-state index < -0.39 is 0 Å². The molecule has 1 aliphatic heterocycles. The third-order valence-corrected chi connectivity index (χ3v) is 6.22. The number of aryl methyl sites for hydroxylation is 2. The Bertz CT molecular complexity index is 994. The maximum Gasteiger partial charge on any atom is 0.254 e. The van der Waals surface area contributed by atoms with Crippen molar-refractivity contribution in [3.63, 3.8) is 0 Å². The Labute approximate surface area is 180 Å². The van der Waals surface area contributed by atoms with E-state index in [4.69, 9.17) is 8.94 Å². The van der Waals surface area contributed by atoms with E-state index in [1.165, 1.54) is 24.6 Å². The lowest BCUT2D eigenvalue weighted by Crippen LogP contribution is -2.36. The number of amides is 1. The van der Waals surface area contributed by atoms with E-state index in [-0.39, 0.29) is 11.9 Å². The van der Waals surface area contributed by atoms with Crippen LogP contribution in [-0.4, -0.2) is 40.6 Å². The molecule has 0 aliphatic carbocycles. The standard InChI is InChI=1S/C22H26N4O3S/c1-15-7-8-20(28-15)19(26-10-3-4-11-26)13-24-21(27)18-6-5-9-23-22(18)30-14-17-12-16(2)29-25-17/h5-9,12,19H,3-4,10-11,13-14H2,1-2H3,(H,24,27)/t19-/m0/s1. The second kappa shape index (κ2) is 9.49. The Balaban J connectivity index is 1.43. The molecule has 158 valence electrons. The number of hydrogen-bond acceptors (Lipinski definition) is 7. The maximum absolute atomic E-state index is 13.0. The quantitative estimate of drug-likeness (QED) is 0.542. The highest BCUT2D eigenvalue weighted by atomic mass is 32.2. The summed E-state index contributed by atoms with van der Waals surface area (Å²) in [5.41, 5.74) is 1.40. The van der Waals surface area contributed by atoms with Crippen molar-refractivity contribution in [2.75, 3.05) is 19.6 Å². The van der Waals surface area contributed by atoms with Gasteiger partial charge in [-0.3, -0.25) is 9.69 Å². The highest BCUT2D eigenvalue weighted by Gasteiger charge is 2.27. The molecule has 0 aromatic carbocycles. The lowest BCUT2D eigenvalue weighted by Gasteiger charge is -2.26. The first kappa shape index (κ1) is 20.7. The average molecular weight is 427 g/mol. The Morgan fingerprint density at radius 1 is 1.23 bits per heavy atom. The van der Waals surface area contributed by atoms with Crippen LogP contribution >= 0.6 is 11.8 Å². The van der Waals surface area contributed by atoms with Gasteiger partial charge >= 0.3 is 0 Å². The van der Waals surface area contributed by atoms with Crippen molar-refractivity contribution in [1.82, 2.24) is 20.4 Å². The third-order valence-electron chi connectivity index (χ3n) is 5.18. The van der Waals surface area contributed by atoms with E-state index in [0.29, 0.717) is 22.9 Å². The SMILES string of the molecule is Cc1cc(CSc2ncccc2C(=O)NC[C@@H](c2ccc(C)o2)N2CCCC2)no1. The van der Waals surface area contributed by atoms with E-state index in [9.17, 15) is 4.79 Å². The van der Waals surface area contributed by atoms with Crippen LogP contribution in [0.5, 0.6) is 0 Å². The van der Waals surface area contributed by atoms with Crippen LogP contribution in [0.3, 0.4) is 0 Å². The lowest BCUT2D eigenvalue weighted by atomic mass is 10.2. The summed E-state index contributed by atoms with van der Waals surface area (Å²) in [6.45, 7) is 6.33. The number of thioether (sulfide) groups is 1. The first-order valence-corrected chi connectivity index (χ1v) is 11.2. The highest BCUT2D eigenvalue weighted by Crippen LogP contribution is 2.27. The molecule has 1 atom stereocenters. The van der Waals surface area contributed by atoms with Crippen molar-refractivity contribution in [2.45, 2.75) is 43.5 Å². The molecule has 1 fully saturated rings. The summed E-state index contributed by atoms with van der Waals surface area (Å²) in [4.78, 5) is 19.8. The summed E-state index contributed by atoms with van der Waals surface area (Å²) < 4.78 is 11.0. The molecule has 7 nitrogen and oxygen atoms in total. The smallest absolute Gasteiger partial charge is 0.254 e. The largest absolute Gasteiger partial charge is 0.465 e. The third kappa shape index (κ3) is 4.94. The zero-order valence-electron chi connectivity index (χ0n) is 17.3. The van der Waals surface area contributed by atoms with Crippen LogP contribution in [0.25, 0.3) is 0 Å². The minimum Gasteiger partial charge on any atom is -0.465 e. The molecule has 1 saturated heterocycles. The number of aromatic nitrogens is 2. The average Bonchev–Trinajstić information content (AvgIpc) is 3.50. The molecular formula is C22H26N4O3S. The van der Waals surface area contributed by atoms with E-state index in [2.05, 4.69) is 20.4 Å². The van der Waals surface area contributed by atoms with Crippen molar-refractivity contribution in [2.24, 2.45) is 0 Å². The molecule has 0 unspecified atom stereocenters. The van der Waals surface area contributed by atoms with Gasteiger partial charge in [0.25, 0.3) is 5.91 Å². The maximum atomic E-state index is 13.0. The normalized spacial score (nSPS) is 15.4.